The number of hydrogen-bond acceptors (Lipinski definition) is 3. The van der Waals surface area contributed by atoms with Crippen molar-refractivity contribution in [1.29, 1.82) is 0 Å². The lowest BCUT2D eigenvalue weighted by molar-refractivity contribution is -0.132. The SMILES string of the molecule is CN(C(=O)CCCOc1ccc2c(ccc(=O)n2Cc2ccccc2)c1)C1CCCCC1. The van der Waals surface area contributed by atoms with E-state index in [1.54, 1.807) is 10.6 Å². The number of carbonyl (C=O) groups excluding carboxylic acids is 1. The van der Waals surface area contributed by atoms with Gasteiger partial charge in [0.1, 0.15) is 5.75 Å². The van der Waals surface area contributed by atoms with Crippen molar-refractivity contribution in [1.82, 2.24) is 9.47 Å². The van der Waals surface area contributed by atoms with E-state index >= 15 is 0 Å². The van der Waals surface area contributed by atoms with Gasteiger partial charge in [0.2, 0.25) is 5.91 Å². The Morgan fingerprint density at radius 2 is 1.81 bits per heavy atom. The molecule has 2 aromatic carbocycles. The van der Waals surface area contributed by atoms with Gasteiger partial charge in [-0.2, -0.15) is 0 Å². The van der Waals surface area contributed by atoms with Crippen molar-refractivity contribution < 1.29 is 9.53 Å². The predicted molar refractivity (Wildman–Crippen MR) is 128 cm³/mol. The lowest BCUT2D eigenvalue weighted by Crippen LogP contribution is -2.38. The van der Waals surface area contributed by atoms with Gasteiger partial charge in [-0.25, -0.2) is 0 Å². The molecule has 0 aliphatic heterocycles. The molecule has 1 aliphatic carbocycles. The van der Waals surface area contributed by atoms with E-state index in [4.69, 9.17) is 4.74 Å². The molecule has 0 radical (unpaired) electrons. The van der Waals surface area contributed by atoms with E-state index < -0.39 is 0 Å². The third-order valence-electron chi connectivity index (χ3n) is 6.46. The maximum absolute atomic E-state index is 12.5. The first-order valence-corrected chi connectivity index (χ1v) is 11.7. The molecular weight excluding hydrogens is 400 g/mol. The molecule has 1 heterocycles. The average Bonchev–Trinajstić information content (AvgIpc) is 2.84. The van der Waals surface area contributed by atoms with Crippen LogP contribution in [0.5, 0.6) is 5.75 Å². The van der Waals surface area contributed by atoms with Crippen LogP contribution in [0.4, 0.5) is 0 Å². The third kappa shape index (κ3) is 5.39. The highest BCUT2D eigenvalue weighted by Crippen LogP contribution is 2.23. The normalized spacial score (nSPS) is 14.4. The van der Waals surface area contributed by atoms with Gasteiger partial charge in [-0.05, 0) is 49.1 Å². The third-order valence-corrected chi connectivity index (χ3v) is 6.46. The second kappa shape index (κ2) is 10.5. The minimum Gasteiger partial charge on any atom is -0.494 e. The van der Waals surface area contributed by atoms with E-state index in [1.807, 2.05) is 66.5 Å². The number of rotatable bonds is 8. The van der Waals surface area contributed by atoms with Crippen molar-refractivity contribution in [2.24, 2.45) is 0 Å². The number of hydrogen-bond donors (Lipinski definition) is 0. The van der Waals surface area contributed by atoms with Crippen LogP contribution in [0.3, 0.4) is 0 Å². The number of carbonyl (C=O) groups is 1. The summed E-state index contributed by atoms with van der Waals surface area (Å²) in [5.74, 6) is 0.972. The van der Waals surface area contributed by atoms with Gasteiger partial charge >= 0.3 is 0 Å². The van der Waals surface area contributed by atoms with Gasteiger partial charge in [0.15, 0.2) is 0 Å². The van der Waals surface area contributed by atoms with Gasteiger partial charge in [0.05, 0.1) is 18.7 Å². The lowest BCUT2D eigenvalue weighted by atomic mass is 9.94. The number of benzene rings is 2. The molecule has 0 spiro atoms. The monoisotopic (exact) mass is 432 g/mol. The lowest BCUT2D eigenvalue weighted by Gasteiger charge is -2.31. The number of fused-ring (bicyclic) bond motifs is 1. The summed E-state index contributed by atoms with van der Waals surface area (Å²) in [7, 11) is 1.94. The minimum atomic E-state index is -0.0179. The molecule has 0 bridgehead atoms. The molecule has 3 aromatic rings. The van der Waals surface area contributed by atoms with E-state index in [9.17, 15) is 9.59 Å². The summed E-state index contributed by atoms with van der Waals surface area (Å²) >= 11 is 0. The number of nitrogens with zero attached hydrogens (tertiary/aromatic N) is 2. The summed E-state index contributed by atoms with van der Waals surface area (Å²) in [5, 5.41) is 0.964. The molecule has 0 unspecified atom stereocenters. The maximum atomic E-state index is 12.5. The molecule has 4 rings (SSSR count). The van der Waals surface area contributed by atoms with Crippen molar-refractivity contribution in [2.75, 3.05) is 13.7 Å². The summed E-state index contributed by atoms with van der Waals surface area (Å²) in [6.07, 6.45) is 7.22. The summed E-state index contributed by atoms with van der Waals surface area (Å²) in [6.45, 7) is 1.03. The fourth-order valence-corrected chi connectivity index (χ4v) is 4.56. The second-order valence-corrected chi connectivity index (χ2v) is 8.71. The number of pyridine rings is 1. The smallest absolute Gasteiger partial charge is 0.251 e. The van der Waals surface area contributed by atoms with Crippen LogP contribution in [-0.2, 0) is 11.3 Å². The molecule has 32 heavy (non-hydrogen) atoms. The first kappa shape index (κ1) is 22.1. The quantitative estimate of drug-likeness (QED) is 0.471. The second-order valence-electron chi connectivity index (χ2n) is 8.71. The Morgan fingerprint density at radius 3 is 2.59 bits per heavy atom. The van der Waals surface area contributed by atoms with Gasteiger partial charge in [0.25, 0.3) is 5.56 Å². The topological polar surface area (TPSA) is 51.5 Å². The predicted octanol–water partition coefficient (Wildman–Crippen LogP) is 5.00. The number of ether oxygens (including phenoxy) is 1. The zero-order chi connectivity index (χ0) is 22.3. The molecule has 0 atom stereocenters. The molecule has 1 fully saturated rings. The summed E-state index contributed by atoms with van der Waals surface area (Å²) < 4.78 is 7.71. The molecule has 168 valence electrons. The van der Waals surface area contributed by atoms with E-state index in [2.05, 4.69) is 0 Å². The number of aromatic nitrogens is 1. The minimum absolute atomic E-state index is 0.0179. The molecule has 0 saturated heterocycles. The van der Waals surface area contributed by atoms with E-state index in [-0.39, 0.29) is 11.5 Å². The van der Waals surface area contributed by atoms with Crippen LogP contribution in [0.15, 0.2) is 65.5 Å². The Labute approximate surface area is 189 Å². The van der Waals surface area contributed by atoms with Crippen LogP contribution in [-0.4, -0.2) is 35.1 Å². The van der Waals surface area contributed by atoms with Crippen LogP contribution in [0.1, 0.15) is 50.5 Å². The molecule has 1 aliphatic rings. The zero-order valence-electron chi connectivity index (χ0n) is 18.8. The summed E-state index contributed by atoms with van der Waals surface area (Å²) in [6, 6.07) is 19.6. The molecule has 1 saturated carbocycles. The zero-order valence-corrected chi connectivity index (χ0v) is 18.8. The summed E-state index contributed by atoms with van der Waals surface area (Å²) in [4.78, 5) is 26.9. The van der Waals surface area contributed by atoms with Gasteiger partial charge in [-0.3, -0.25) is 9.59 Å². The Bertz CT molecular complexity index is 1100. The molecule has 1 amide bonds. The van der Waals surface area contributed by atoms with E-state index in [1.165, 1.54) is 19.3 Å². The van der Waals surface area contributed by atoms with Crippen molar-refractivity contribution >= 4 is 16.8 Å². The molecule has 0 N–H and O–H groups in total. The summed E-state index contributed by atoms with van der Waals surface area (Å²) in [5.41, 5.74) is 1.96. The standard InChI is InChI=1S/C27H32N2O3/c1-28(23-11-6-3-7-12-23)26(30)13-8-18-32-24-15-16-25-22(19-24)14-17-27(31)29(25)20-21-9-4-2-5-10-21/h2,4-5,9-10,14-17,19,23H,3,6-8,11-13,18,20H2,1H3. The maximum Gasteiger partial charge on any atom is 0.251 e. The largest absolute Gasteiger partial charge is 0.494 e. The highest BCUT2D eigenvalue weighted by atomic mass is 16.5. The van der Waals surface area contributed by atoms with Crippen LogP contribution in [0.25, 0.3) is 10.9 Å². The van der Waals surface area contributed by atoms with Gasteiger partial charge in [0, 0.05) is 31.0 Å². The van der Waals surface area contributed by atoms with Crippen LogP contribution in [0, 0.1) is 0 Å². The fourth-order valence-electron chi connectivity index (χ4n) is 4.56. The van der Waals surface area contributed by atoms with Crippen molar-refractivity contribution in [2.45, 2.75) is 57.5 Å². The highest BCUT2D eigenvalue weighted by molar-refractivity contribution is 5.80. The van der Waals surface area contributed by atoms with E-state index in [0.29, 0.717) is 32.0 Å². The molecule has 1 aromatic heterocycles. The number of amides is 1. The van der Waals surface area contributed by atoms with Crippen molar-refractivity contribution in [3.63, 3.8) is 0 Å². The van der Waals surface area contributed by atoms with Crippen LogP contribution >= 0.6 is 0 Å². The molecular formula is C27H32N2O3. The van der Waals surface area contributed by atoms with Crippen molar-refractivity contribution in [3.05, 3.63) is 76.6 Å². The van der Waals surface area contributed by atoms with Crippen LogP contribution < -0.4 is 10.3 Å². The van der Waals surface area contributed by atoms with Gasteiger partial charge in [-0.1, -0.05) is 49.6 Å². The Balaban J connectivity index is 1.34. The van der Waals surface area contributed by atoms with Crippen LogP contribution in [0.2, 0.25) is 0 Å². The van der Waals surface area contributed by atoms with Gasteiger partial charge < -0.3 is 14.2 Å². The molecule has 5 heteroatoms. The Hall–Kier alpha value is -3.08. The average molecular weight is 433 g/mol. The van der Waals surface area contributed by atoms with E-state index in [0.717, 1.165) is 35.1 Å². The first-order chi connectivity index (χ1) is 15.6. The Kier molecular flexibility index (Phi) is 7.25. The fraction of sp³-hybridized carbons (Fsp3) is 0.407. The molecule has 5 nitrogen and oxygen atoms in total. The Morgan fingerprint density at radius 1 is 1.03 bits per heavy atom. The van der Waals surface area contributed by atoms with Gasteiger partial charge in [-0.15, -0.1) is 0 Å². The van der Waals surface area contributed by atoms with Crippen molar-refractivity contribution in [3.8, 4) is 5.75 Å². The highest BCUT2D eigenvalue weighted by Gasteiger charge is 2.21. The first-order valence-electron chi connectivity index (χ1n) is 11.7.